The molecule has 138 valence electrons. The normalized spacial score (nSPS) is 18.6. The molecule has 2 fully saturated rings. The highest BCUT2D eigenvalue weighted by atomic mass is 35.5. The van der Waals surface area contributed by atoms with Gasteiger partial charge in [0, 0.05) is 26.2 Å². The van der Waals surface area contributed by atoms with Gasteiger partial charge in [-0.3, -0.25) is 9.59 Å². The molecule has 0 radical (unpaired) electrons. The van der Waals surface area contributed by atoms with Gasteiger partial charge >= 0.3 is 6.61 Å². The highest BCUT2D eigenvalue weighted by Crippen LogP contribution is 2.34. The molecule has 1 aliphatic heterocycles. The lowest BCUT2D eigenvalue weighted by molar-refractivity contribution is -0.135. The van der Waals surface area contributed by atoms with Crippen molar-refractivity contribution in [1.29, 1.82) is 0 Å². The summed E-state index contributed by atoms with van der Waals surface area (Å²) in [5, 5.41) is 0. The van der Waals surface area contributed by atoms with Crippen LogP contribution in [0.5, 0.6) is 5.75 Å². The summed E-state index contributed by atoms with van der Waals surface area (Å²) < 4.78 is 29.3. The van der Waals surface area contributed by atoms with Gasteiger partial charge in [-0.2, -0.15) is 8.78 Å². The number of carbonyl (C=O) groups excluding carboxylic acids is 2. The SMILES string of the molecule is Cl.NC1(C(=O)N2CCN(C(=O)c3ccccc3OC(F)F)CC2)CC1. The fourth-order valence-corrected chi connectivity index (χ4v) is 2.79. The third-order valence-electron chi connectivity index (χ3n) is 4.40. The van der Waals surface area contributed by atoms with Gasteiger partial charge < -0.3 is 20.3 Å². The van der Waals surface area contributed by atoms with Crippen LogP contribution in [-0.4, -0.2) is 59.9 Å². The minimum Gasteiger partial charge on any atom is -0.434 e. The molecule has 0 bridgehead atoms. The van der Waals surface area contributed by atoms with Crippen LogP contribution in [0.25, 0.3) is 0 Å². The van der Waals surface area contributed by atoms with Crippen molar-refractivity contribution < 1.29 is 23.1 Å². The summed E-state index contributed by atoms with van der Waals surface area (Å²) in [7, 11) is 0. The highest BCUT2D eigenvalue weighted by Gasteiger charge is 2.48. The molecule has 6 nitrogen and oxygen atoms in total. The summed E-state index contributed by atoms with van der Waals surface area (Å²) in [5.41, 5.74) is 5.29. The second kappa shape index (κ2) is 7.53. The van der Waals surface area contributed by atoms with Crippen molar-refractivity contribution in [2.75, 3.05) is 26.2 Å². The van der Waals surface area contributed by atoms with E-state index in [0.29, 0.717) is 39.0 Å². The predicted molar refractivity (Wildman–Crippen MR) is 89.0 cm³/mol. The molecule has 9 heteroatoms. The van der Waals surface area contributed by atoms with Crippen LogP contribution in [0.2, 0.25) is 0 Å². The Morgan fingerprint density at radius 3 is 2.20 bits per heavy atom. The van der Waals surface area contributed by atoms with E-state index in [1.165, 1.54) is 23.1 Å². The van der Waals surface area contributed by atoms with E-state index in [0.717, 1.165) is 0 Å². The van der Waals surface area contributed by atoms with Crippen molar-refractivity contribution >= 4 is 24.2 Å². The van der Waals surface area contributed by atoms with Gasteiger partial charge in [-0.25, -0.2) is 0 Å². The number of nitrogens with two attached hydrogens (primary N) is 1. The van der Waals surface area contributed by atoms with Gasteiger partial charge in [0.1, 0.15) is 5.75 Å². The second-order valence-electron chi connectivity index (χ2n) is 6.12. The number of para-hydroxylation sites is 1. The molecule has 1 heterocycles. The van der Waals surface area contributed by atoms with E-state index in [-0.39, 0.29) is 35.5 Å². The topological polar surface area (TPSA) is 75.9 Å². The summed E-state index contributed by atoms with van der Waals surface area (Å²) in [6.45, 7) is -1.54. The monoisotopic (exact) mass is 375 g/mol. The molecule has 1 saturated carbocycles. The van der Waals surface area contributed by atoms with Gasteiger partial charge in [0.2, 0.25) is 5.91 Å². The van der Waals surface area contributed by atoms with Gasteiger partial charge in [-0.15, -0.1) is 12.4 Å². The van der Waals surface area contributed by atoms with E-state index in [1.54, 1.807) is 11.0 Å². The van der Waals surface area contributed by atoms with Crippen molar-refractivity contribution in [2.24, 2.45) is 5.73 Å². The molecule has 0 atom stereocenters. The summed E-state index contributed by atoms with van der Waals surface area (Å²) >= 11 is 0. The largest absolute Gasteiger partial charge is 0.434 e. The Morgan fingerprint density at radius 2 is 1.64 bits per heavy atom. The number of benzene rings is 1. The summed E-state index contributed by atoms with van der Waals surface area (Å²) in [5.74, 6) is -0.599. The Bertz CT molecular complexity index is 647. The fourth-order valence-electron chi connectivity index (χ4n) is 2.79. The lowest BCUT2D eigenvalue weighted by Gasteiger charge is -2.36. The molecule has 1 aromatic carbocycles. The maximum absolute atomic E-state index is 12.6. The van der Waals surface area contributed by atoms with Crippen molar-refractivity contribution in [3.63, 3.8) is 0 Å². The standard InChI is InChI=1S/C16H19F2N3O3.ClH/c17-15(18)24-12-4-2-1-3-11(12)13(22)20-7-9-21(10-8-20)14(23)16(19)5-6-16;/h1-4,15H,5-10,19H2;1H. The highest BCUT2D eigenvalue weighted by molar-refractivity contribution is 5.97. The third kappa shape index (κ3) is 4.19. The van der Waals surface area contributed by atoms with E-state index >= 15 is 0 Å². The molecule has 0 spiro atoms. The lowest BCUT2D eigenvalue weighted by Crippen LogP contribution is -2.55. The van der Waals surface area contributed by atoms with Gasteiger partial charge in [-0.1, -0.05) is 12.1 Å². The maximum atomic E-state index is 12.6. The molecule has 1 aromatic rings. The van der Waals surface area contributed by atoms with Crippen LogP contribution in [0.15, 0.2) is 24.3 Å². The lowest BCUT2D eigenvalue weighted by atomic mass is 10.1. The van der Waals surface area contributed by atoms with E-state index < -0.39 is 12.2 Å². The number of nitrogens with zero attached hydrogens (tertiary/aromatic N) is 2. The molecule has 2 aliphatic rings. The summed E-state index contributed by atoms with van der Waals surface area (Å²) in [6.07, 6.45) is 1.40. The molecule has 0 aromatic heterocycles. The minimum absolute atomic E-state index is 0. The van der Waals surface area contributed by atoms with Gasteiger partial charge in [0.05, 0.1) is 11.1 Å². The molecule has 3 rings (SSSR count). The first kappa shape index (κ1) is 19.4. The molecular weight excluding hydrogens is 356 g/mol. The number of ether oxygens (including phenoxy) is 1. The Morgan fingerprint density at radius 1 is 1.08 bits per heavy atom. The maximum Gasteiger partial charge on any atom is 0.387 e. The third-order valence-corrected chi connectivity index (χ3v) is 4.40. The number of piperazine rings is 1. The number of alkyl halides is 2. The number of halogens is 3. The molecule has 2 amide bonds. The Hall–Kier alpha value is -1.93. The number of hydrogen-bond donors (Lipinski definition) is 1. The molecule has 1 saturated heterocycles. The minimum atomic E-state index is -2.99. The molecule has 0 unspecified atom stereocenters. The van der Waals surface area contributed by atoms with Crippen LogP contribution >= 0.6 is 12.4 Å². The Labute approximate surface area is 150 Å². The van der Waals surface area contributed by atoms with Crippen molar-refractivity contribution in [2.45, 2.75) is 25.0 Å². The van der Waals surface area contributed by atoms with Crippen molar-refractivity contribution in [1.82, 2.24) is 9.80 Å². The Balaban J connectivity index is 0.00000225. The van der Waals surface area contributed by atoms with Crippen LogP contribution in [0.3, 0.4) is 0 Å². The zero-order valence-electron chi connectivity index (χ0n) is 13.5. The zero-order chi connectivity index (χ0) is 17.3. The number of rotatable bonds is 4. The van der Waals surface area contributed by atoms with Crippen molar-refractivity contribution in [3.05, 3.63) is 29.8 Å². The first-order chi connectivity index (χ1) is 11.4. The van der Waals surface area contributed by atoms with Crippen LogP contribution < -0.4 is 10.5 Å². The Kier molecular flexibility index (Phi) is 5.84. The average molecular weight is 376 g/mol. The van der Waals surface area contributed by atoms with Gasteiger partial charge in [0.15, 0.2) is 0 Å². The molecular formula is C16H20ClF2N3O3. The zero-order valence-corrected chi connectivity index (χ0v) is 14.3. The first-order valence-corrected chi connectivity index (χ1v) is 7.82. The first-order valence-electron chi connectivity index (χ1n) is 7.82. The van der Waals surface area contributed by atoms with E-state index in [4.69, 9.17) is 5.73 Å². The fraction of sp³-hybridized carbons (Fsp3) is 0.500. The van der Waals surface area contributed by atoms with Crippen LogP contribution in [0.1, 0.15) is 23.2 Å². The quantitative estimate of drug-likeness (QED) is 0.865. The summed E-state index contributed by atoms with van der Waals surface area (Å²) in [6, 6.07) is 5.92. The van der Waals surface area contributed by atoms with Crippen LogP contribution in [-0.2, 0) is 4.79 Å². The number of amides is 2. The number of hydrogen-bond acceptors (Lipinski definition) is 4. The smallest absolute Gasteiger partial charge is 0.387 e. The molecule has 1 aliphatic carbocycles. The molecule has 2 N–H and O–H groups in total. The van der Waals surface area contributed by atoms with Gasteiger partial charge in [0.25, 0.3) is 5.91 Å². The number of carbonyl (C=O) groups is 2. The van der Waals surface area contributed by atoms with E-state index in [1.807, 2.05) is 0 Å². The van der Waals surface area contributed by atoms with E-state index in [9.17, 15) is 18.4 Å². The molecule has 25 heavy (non-hydrogen) atoms. The second-order valence-corrected chi connectivity index (χ2v) is 6.12. The van der Waals surface area contributed by atoms with Gasteiger partial charge in [-0.05, 0) is 25.0 Å². The average Bonchev–Trinajstić information content (AvgIpc) is 3.32. The predicted octanol–water partition coefficient (Wildman–Crippen LogP) is 1.49. The van der Waals surface area contributed by atoms with Crippen LogP contribution in [0.4, 0.5) is 8.78 Å². The summed E-state index contributed by atoms with van der Waals surface area (Å²) in [4.78, 5) is 28.0. The van der Waals surface area contributed by atoms with Crippen molar-refractivity contribution in [3.8, 4) is 5.75 Å². The van der Waals surface area contributed by atoms with E-state index in [2.05, 4.69) is 4.74 Å². The van der Waals surface area contributed by atoms with Crippen LogP contribution in [0, 0.1) is 0 Å².